The number of ether oxygens (including phenoxy) is 1. The fourth-order valence-corrected chi connectivity index (χ4v) is 1.95. The molecule has 0 bridgehead atoms. The van der Waals surface area contributed by atoms with E-state index < -0.39 is 0 Å². The third-order valence-corrected chi connectivity index (χ3v) is 2.82. The van der Waals surface area contributed by atoms with E-state index in [0.717, 1.165) is 13.1 Å². The minimum atomic E-state index is 0.540. The second-order valence-corrected chi connectivity index (χ2v) is 4.77. The van der Waals surface area contributed by atoms with Crippen LogP contribution in [-0.2, 0) is 0 Å². The molecular weight excluding hydrogens is 228 g/mol. The minimum Gasteiger partial charge on any atom is -0.481 e. The Morgan fingerprint density at radius 2 is 1.94 bits per heavy atom. The lowest BCUT2D eigenvalue weighted by atomic mass is 10.2. The van der Waals surface area contributed by atoms with Crippen molar-refractivity contribution < 1.29 is 4.74 Å². The van der Waals surface area contributed by atoms with E-state index in [4.69, 9.17) is 4.74 Å². The molecule has 0 spiro atoms. The maximum absolute atomic E-state index is 5.06. The van der Waals surface area contributed by atoms with Crippen LogP contribution in [0, 0.1) is 0 Å². The molecule has 5 nitrogen and oxygen atoms in total. The highest BCUT2D eigenvalue weighted by atomic mass is 16.5. The quantitative estimate of drug-likeness (QED) is 0.804. The SMILES string of the molecule is COc1ccnc(NCCN(C(C)C)C(C)C)n1. The van der Waals surface area contributed by atoms with E-state index in [1.165, 1.54) is 0 Å². The largest absolute Gasteiger partial charge is 0.481 e. The number of nitrogens with one attached hydrogen (secondary N) is 1. The first-order valence-corrected chi connectivity index (χ1v) is 6.41. The number of nitrogens with zero attached hydrogens (tertiary/aromatic N) is 3. The normalized spacial score (nSPS) is 11.3. The van der Waals surface area contributed by atoms with E-state index in [-0.39, 0.29) is 0 Å². The minimum absolute atomic E-state index is 0.540. The molecule has 102 valence electrons. The second-order valence-electron chi connectivity index (χ2n) is 4.77. The predicted molar refractivity (Wildman–Crippen MR) is 74.1 cm³/mol. The van der Waals surface area contributed by atoms with Crippen LogP contribution in [0.1, 0.15) is 27.7 Å². The first kappa shape index (κ1) is 14.7. The molecule has 0 unspecified atom stereocenters. The molecule has 0 aliphatic rings. The zero-order valence-electron chi connectivity index (χ0n) is 12.0. The Hall–Kier alpha value is -1.36. The summed E-state index contributed by atoms with van der Waals surface area (Å²) in [6.45, 7) is 10.6. The number of rotatable bonds is 7. The molecule has 1 N–H and O–H groups in total. The van der Waals surface area contributed by atoms with Crippen LogP contribution in [0.3, 0.4) is 0 Å². The van der Waals surface area contributed by atoms with Gasteiger partial charge in [-0.25, -0.2) is 4.98 Å². The van der Waals surface area contributed by atoms with Gasteiger partial charge in [-0.05, 0) is 27.7 Å². The third-order valence-electron chi connectivity index (χ3n) is 2.82. The molecular formula is C13H24N4O. The van der Waals surface area contributed by atoms with E-state index in [0.29, 0.717) is 23.9 Å². The van der Waals surface area contributed by atoms with Crippen molar-refractivity contribution in [3.05, 3.63) is 12.3 Å². The zero-order chi connectivity index (χ0) is 13.5. The Bertz CT molecular complexity index is 347. The monoisotopic (exact) mass is 252 g/mol. The van der Waals surface area contributed by atoms with Crippen molar-refractivity contribution in [2.75, 3.05) is 25.5 Å². The van der Waals surface area contributed by atoms with Gasteiger partial charge in [-0.1, -0.05) is 0 Å². The summed E-state index contributed by atoms with van der Waals surface area (Å²) in [6.07, 6.45) is 1.69. The average molecular weight is 252 g/mol. The number of hydrogen-bond donors (Lipinski definition) is 1. The molecule has 0 saturated carbocycles. The van der Waals surface area contributed by atoms with Crippen LogP contribution < -0.4 is 10.1 Å². The molecule has 0 aliphatic carbocycles. The Balaban J connectivity index is 2.44. The molecule has 1 rings (SSSR count). The molecule has 18 heavy (non-hydrogen) atoms. The van der Waals surface area contributed by atoms with Crippen molar-refractivity contribution in [3.8, 4) is 5.88 Å². The molecule has 0 saturated heterocycles. The summed E-state index contributed by atoms with van der Waals surface area (Å²) in [4.78, 5) is 10.8. The number of aromatic nitrogens is 2. The molecule has 0 fully saturated rings. The molecule has 1 heterocycles. The first-order valence-electron chi connectivity index (χ1n) is 6.41. The Morgan fingerprint density at radius 1 is 1.28 bits per heavy atom. The van der Waals surface area contributed by atoms with Gasteiger partial charge in [-0.15, -0.1) is 0 Å². The Labute approximate surface area is 110 Å². The van der Waals surface area contributed by atoms with Gasteiger partial charge in [0.25, 0.3) is 0 Å². The van der Waals surface area contributed by atoms with Gasteiger partial charge in [0.2, 0.25) is 11.8 Å². The van der Waals surface area contributed by atoms with Crippen LogP contribution in [0.5, 0.6) is 5.88 Å². The highest BCUT2D eigenvalue weighted by Gasteiger charge is 2.12. The van der Waals surface area contributed by atoms with Gasteiger partial charge >= 0.3 is 0 Å². The highest BCUT2D eigenvalue weighted by molar-refractivity contribution is 5.27. The van der Waals surface area contributed by atoms with Gasteiger partial charge in [0.1, 0.15) is 0 Å². The zero-order valence-corrected chi connectivity index (χ0v) is 12.0. The lowest BCUT2D eigenvalue weighted by Gasteiger charge is -2.30. The van der Waals surface area contributed by atoms with Crippen molar-refractivity contribution in [3.63, 3.8) is 0 Å². The first-order chi connectivity index (χ1) is 8.54. The molecule has 0 aliphatic heterocycles. The maximum atomic E-state index is 5.06. The third kappa shape index (κ3) is 4.49. The molecule has 0 radical (unpaired) electrons. The van der Waals surface area contributed by atoms with E-state index in [1.54, 1.807) is 19.4 Å². The smallest absolute Gasteiger partial charge is 0.225 e. The lowest BCUT2D eigenvalue weighted by molar-refractivity contribution is 0.182. The van der Waals surface area contributed by atoms with E-state index >= 15 is 0 Å². The van der Waals surface area contributed by atoms with Crippen LogP contribution >= 0.6 is 0 Å². The molecule has 1 aromatic rings. The average Bonchev–Trinajstić information content (AvgIpc) is 2.34. The van der Waals surface area contributed by atoms with Gasteiger partial charge in [0.05, 0.1) is 7.11 Å². The number of methoxy groups -OCH3 is 1. The van der Waals surface area contributed by atoms with Crippen molar-refractivity contribution >= 4 is 5.95 Å². The second kappa shape index (κ2) is 7.16. The molecule has 0 amide bonds. The van der Waals surface area contributed by atoms with Crippen LogP contribution in [0.4, 0.5) is 5.95 Å². The fourth-order valence-electron chi connectivity index (χ4n) is 1.95. The molecule has 0 aromatic carbocycles. The van der Waals surface area contributed by atoms with Gasteiger partial charge in [-0.2, -0.15) is 4.98 Å². The highest BCUT2D eigenvalue weighted by Crippen LogP contribution is 2.08. The fraction of sp³-hybridized carbons (Fsp3) is 0.692. The van der Waals surface area contributed by atoms with Crippen molar-refractivity contribution in [1.82, 2.24) is 14.9 Å². The van der Waals surface area contributed by atoms with E-state index in [1.807, 2.05) is 0 Å². The summed E-state index contributed by atoms with van der Waals surface area (Å²) in [7, 11) is 1.60. The van der Waals surface area contributed by atoms with Gasteiger partial charge in [0, 0.05) is 37.4 Å². The van der Waals surface area contributed by atoms with Crippen LogP contribution in [0.2, 0.25) is 0 Å². The number of anilines is 1. The maximum Gasteiger partial charge on any atom is 0.225 e. The molecule has 5 heteroatoms. The van der Waals surface area contributed by atoms with Gasteiger partial charge < -0.3 is 10.1 Å². The summed E-state index contributed by atoms with van der Waals surface area (Å²) in [6, 6.07) is 2.82. The van der Waals surface area contributed by atoms with Crippen molar-refractivity contribution in [2.24, 2.45) is 0 Å². The Kier molecular flexibility index (Phi) is 5.85. The molecule has 0 atom stereocenters. The number of hydrogen-bond acceptors (Lipinski definition) is 5. The summed E-state index contributed by atoms with van der Waals surface area (Å²) in [5, 5.41) is 3.22. The summed E-state index contributed by atoms with van der Waals surface area (Å²) >= 11 is 0. The molecule has 1 aromatic heterocycles. The Morgan fingerprint density at radius 3 is 2.50 bits per heavy atom. The van der Waals surface area contributed by atoms with Crippen molar-refractivity contribution in [2.45, 2.75) is 39.8 Å². The van der Waals surface area contributed by atoms with E-state index in [9.17, 15) is 0 Å². The summed E-state index contributed by atoms with van der Waals surface area (Å²) in [5.41, 5.74) is 0. The summed E-state index contributed by atoms with van der Waals surface area (Å²) < 4.78 is 5.06. The van der Waals surface area contributed by atoms with Gasteiger partial charge in [0.15, 0.2) is 0 Å². The van der Waals surface area contributed by atoms with E-state index in [2.05, 4.69) is 47.9 Å². The van der Waals surface area contributed by atoms with Gasteiger partial charge in [-0.3, -0.25) is 4.90 Å². The lowest BCUT2D eigenvalue weighted by Crippen LogP contribution is -2.40. The van der Waals surface area contributed by atoms with Crippen LogP contribution in [0.25, 0.3) is 0 Å². The summed E-state index contributed by atoms with van der Waals surface area (Å²) in [5.74, 6) is 1.19. The topological polar surface area (TPSA) is 50.3 Å². The van der Waals surface area contributed by atoms with Crippen LogP contribution in [0.15, 0.2) is 12.3 Å². The van der Waals surface area contributed by atoms with Crippen molar-refractivity contribution in [1.29, 1.82) is 0 Å². The standard InChI is InChI=1S/C13H24N4O/c1-10(2)17(11(3)4)9-8-15-13-14-7-6-12(16-13)18-5/h6-7,10-11H,8-9H2,1-5H3,(H,14,15,16). The van der Waals surface area contributed by atoms with Crippen LogP contribution in [-0.4, -0.2) is 47.2 Å². The predicted octanol–water partition coefficient (Wildman–Crippen LogP) is 2.02.